The smallest absolute Gasteiger partial charge is 0.306 e. The highest BCUT2D eigenvalue weighted by Gasteiger charge is 2.43. The Morgan fingerprint density at radius 1 is 0.853 bits per heavy atom. The molecule has 0 radical (unpaired) electrons. The second kappa shape index (κ2) is 8.67. The van der Waals surface area contributed by atoms with Gasteiger partial charge in [0, 0.05) is 19.6 Å². The van der Waals surface area contributed by atoms with Crippen molar-refractivity contribution in [1.29, 1.82) is 0 Å². The number of ether oxygens (including phenoxy) is 1. The van der Waals surface area contributed by atoms with Gasteiger partial charge in [0.05, 0.1) is 12.4 Å². The Balaban J connectivity index is 1.74. The minimum atomic E-state index is -3.59. The third-order valence-corrected chi connectivity index (χ3v) is 10.5. The molecule has 0 saturated heterocycles. The van der Waals surface area contributed by atoms with Gasteiger partial charge >= 0.3 is 10.1 Å². The van der Waals surface area contributed by atoms with E-state index in [-0.39, 0.29) is 6.10 Å². The molecule has 1 aliphatic carbocycles. The minimum absolute atomic E-state index is 0.109. The Hall–Kier alpha value is -2.96. The van der Waals surface area contributed by atoms with Gasteiger partial charge in [-0.1, -0.05) is 30.4 Å². The van der Waals surface area contributed by atoms with E-state index in [1.54, 1.807) is 12.1 Å². The first kappa shape index (κ1) is 22.8. The second-order valence-corrected chi connectivity index (χ2v) is 13.4. The van der Waals surface area contributed by atoms with Gasteiger partial charge in [-0.05, 0) is 92.4 Å². The Labute approximate surface area is 203 Å². The summed E-state index contributed by atoms with van der Waals surface area (Å²) in [6.45, 7) is 4.05. The number of allylic oxidation sites excluding steroid dienone is 3. The van der Waals surface area contributed by atoms with Gasteiger partial charge in [-0.3, -0.25) is 0 Å². The maximum absolute atomic E-state index is 11.6. The fourth-order valence-corrected chi connectivity index (χ4v) is 9.57. The summed E-state index contributed by atoms with van der Waals surface area (Å²) in [7, 11) is -5.34. The average molecular weight is 493 g/mol. The minimum Gasteiger partial charge on any atom is -0.491 e. The Bertz CT molecular complexity index is 1390. The molecule has 176 valence electrons. The highest BCUT2D eigenvalue weighted by Crippen LogP contribution is 2.79. The van der Waals surface area contributed by atoms with Crippen LogP contribution in [-0.2, 0) is 10.1 Å². The lowest BCUT2D eigenvalue weighted by atomic mass is 9.98. The molecule has 3 aromatic carbocycles. The molecule has 0 spiro atoms. The summed E-state index contributed by atoms with van der Waals surface area (Å²) in [5.41, 5.74) is 2.72. The summed E-state index contributed by atoms with van der Waals surface area (Å²) in [5, 5.41) is 0. The van der Waals surface area contributed by atoms with Crippen molar-refractivity contribution >= 4 is 25.7 Å². The summed E-state index contributed by atoms with van der Waals surface area (Å²) < 4.78 is 34.3. The van der Waals surface area contributed by atoms with Gasteiger partial charge in [0.2, 0.25) is 0 Å². The lowest BCUT2D eigenvalue weighted by Crippen LogP contribution is -2.07. The van der Waals surface area contributed by atoms with Gasteiger partial charge in [0.15, 0.2) is 0 Å². The summed E-state index contributed by atoms with van der Waals surface area (Å²) in [6, 6.07) is 24.7. The van der Waals surface area contributed by atoms with Crippen molar-refractivity contribution in [2.24, 2.45) is 0 Å². The average Bonchev–Trinajstić information content (AvgIpc) is 3.10. The summed E-state index contributed by atoms with van der Waals surface area (Å²) >= 11 is 0. The Morgan fingerprint density at radius 2 is 1.47 bits per heavy atom. The molecule has 1 unspecified atom stereocenters. The molecular formula is C28H28O4S2. The first-order chi connectivity index (χ1) is 16.3. The molecule has 5 rings (SSSR count). The third kappa shape index (κ3) is 3.95. The van der Waals surface area contributed by atoms with Crippen molar-refractivity contribution in [2.75, 3.05) is 6.26 Å². The van der Waals surface area contributed by atoms with Gasteiger partial charge < -0.3 is 8.92 Å². The molecule has 0 N–H and O–H groups in total. The van der Waals surface area contributed by atoms with Crippen LogP contribution in [0.3, 0.4) is 0 Å². The van der Waals surface area contributed by atoms with E-state index in [0.717, 1.165) is 29.7 Å². The molecule has 3 aromatic rings. The van der Waals surface area contributed by atoms with E-state index in [0.29, 0.717) is 5.75 Å². The Morgan fingerprint density at radius 3 is 2.09 bits per heavy atom. The number of rotatable bonds is 6. The van der Waals surface area contributed by atoms with Crippen LogP contribution < -0.4 is 8.92 Å². The number of hydrogen-bond donors (Lipinski definition) is 0. The maximum atomic E-state index is 11.6. The zero-order valence-corrected chi connectivity index (χ0v) is 21.2. The van der Waals surface area contributed by atoms with Gasteiger partial charge in [0.1, 0.15) is 11.5 Å². The summed E-state index contributed by atoms with van der Waals surface area (Å²) in [4.78, 5) is 5.05. The first-order valence-corrected chi connectivity index (χ1v) is 14.8. The fourth-order valence-electron chi connectivity index (χ4n) is 4.81. The molecule has 0 bridgehead atoms. The molecule has 0 fully saturated rings. The number of benzene rings is 3. The van der Waals surface area contributed by atoms with Crippen LogP contribution in [0, 0.1) is 0 Å². The van der Waals surface area contributed by atoms with Crippen molar-refractivity contribution in [3.8, 4) is 11.5 Å². The van der Waals surface area contributed by atoms with Crippen LogP contribution in [0.5, 0.6) is 11.5 Å². The van der Waals surface area contributed by atoms with E-state index in [1.165, 1.54) is 25.8 Å². The van der Waals surface area contributed by atoms with Gasteiger partial charge in [-0.25, -0.2) is 0 Å². The molecule has 34 heavy (non-hydrogen) atoms. The van der Waals surface area contributed by atoms with Crippen molar-refractivity contribution < 1.29 is 17.3 Å². The third-order valence-electron chi connectivity index (χ3n) is 5.97. The summed E-state index contributed by atoms with van der Waals surface area (Å²) in [6.07, 6.45) is 7.78. The highest BCUT2D eigenvalue weighted by atomic mass is 32.3. The molecule has 1 heterocycles. The van der Waals surface area contributed by atoms with E-state index in [4.69, 9.17) is 8.92 Å². The predicted molar refractivity (Wildman–Crippen MR) is 138 cm³/mol. The highest BCUT2D eigenvalue weighted by molar-refractivity contribution is 8.37. The van der Waals surface area contributed by atoms with Gasteiger partial charge in [0.25, 0.3) is 0 Å². The first-order valence-electron chi connectivity index (χ1n) is 11.4. The van der Waals surface area contributed by atoms with Crippen LogP contribution in [0.25, 0.3) is 5.57 Å². The molecule has 0 aromatic heterocycles. The lowest BCUT2D eigenvalue weighted by molar-refractivity contribution is 0.242. The van der Waals surface area contributed by atoms with Crippen molar-refractivity contribution in [3.63, 3.8) is 0 Å². The monoisotopic (exact) mass is 492 g/mol. The van der Waals surface area contributed by atoms with E-state index in [2.05, 4.69) is 60.7 Å². The second-order valence-electron chi connectivity index (χ2n) is 8.79. The molecule has 2 aliphatic rings. The fraction of sp³-hybridized carbons (Fsp3) is 0.214. The van der Waals surface area contributed by atoms with E-state index in [9.17, 15) is 8.42 Å². The zero-order chi connectivity index (χ0) is 23.9. The lowest BCUT2D eigenvalue weighted by Gasteiger charge is -2.40. The van der Waals surface area contributed by atoms with Crippen LogP contribution in [0.1, 0.15) is 32.3 Å². The topological polar surface area (TPSA) is 52.6 Å². The Kier molecular flexibility index (Phi) is 5.82. The van der Waals surface area contributed by atoms with Crippen LogP contribution >= 0.6 is 10.0 Å². The quantitative estimate of drug-likeness (QED) is 0.342. The number of hydrogen-bond acceptors (Lipinski definition) is 4. The van der Waals surface area contributed by atoms with Crippen LogP contribution in [-0.4, -0.2) is 20.8 Å². The van der Waals surface area contributed by atoms with Crippen molar-refractivity contribution in [3.05, 3.63) is 95.4 Å². The molecule has 1 atom stereocenters. The van der Waals surface area contributed by atoms with Gasteiger partial charge in [-0.2, -0.15) is 8.42 Å². The van der Waals surface area contributed by atoms with Crippen LogP contribution in [0.15, 0.2) is 105 Å². The zero-order valence-electron chi connectivity index (χ0n) is 19.5. The van der Waals surface area contributed by atoms with Crippen LogP contribution in [0.2, 0.25) is 0 Å². The molecule has 4 nitrogen and oxygen atoms in total. The molecule has 1 aliphatic heterocycles. The molecular weight excluding hydrogens is 464 g/mol. The summed E-state index contributed by atoms with van der Waals surface area (Å²) in [5.74, 6) is 1.17. The van der Waals surface area contributed by atoms with E-state index in [1.807, 2.05) is 26.0 Å². The normalized spacial score (nSPS) is 21.1. The largest absolute Gasteiger partial charge is 0.491 e. The van der Waals surface area contributed by atoms with E-state index < -0.39 is 20.1 Å². The number of fused-ring (bicyclic) bond motifs is 2. The SMILES string of the molecule is CC(C)Oc1ccc(S2(c3ccc(OS(C)(=O)=O)cc3)C3=C(CCC=C3)c3ccccc32)cc1. The van der Waals surface area contributed by atoms with E-state index >= 15 is 0 Å². The van der Waals surface area contributed by atoms with Crippen LogP contribution in [0.4, 0.5) is 0 Å². The molecule has 6 heteroatoms. The maximum Gasteiger partial charge on any atom is 0.306 e. The standard InChI is InChI=1S/C28H28O4S2/c1-20(2)31-21-12-16-23(17-13-21)34(24-18-14-22(15-19-24)32-33(3,29)30)27-10-6-4-8-25(27)26-9-5-7-11-28(26)34/h4,6-8,10-20H,5,9H2,1-3H3. The van der Waals surface area contributed by atoms with Crippen molar-refractivity contribution in [1.82, 2.24) is 0 Å². The molecule has 0 amide bonds. The predicted octanol–water partition coefficient (Wildman–Crippen LogP) is 7.17. The van der Waals surface area contributed by atoms with Crippen molar-refractivity contribution in [2.45, 2.75) is 47.5 Å². The van der Waals surface area contributed by atoms with Gasteiger partial charge in [-0.15, -0.1) is 10.0 Å². The molecule has 0 saturated carbocycles.